The third-order valence-electron chi connectivity index (χ3n) is 2.50. The average Bonchev–Trinajstić information content (AvgIpc) is 2.75. The smallest absolute Gasteiger partial charge is 0.431 e. The summed E-state index contributed by atoms with van der Waals surface area (Å²) in [5.41, 5.74) is 0.252. The van der Waals surface area contributed by atoms with E-state index in [9.17, 15) is 4.79 Å². The Morgan fingerprint density at radius 2 is 2.26 bits per heavy atom. The third kappa shape index (κ3) is 3.53. The van der Waals surface area contributed by atoms with Gasteiger partial charge in [0, 0.05) is 23.3 Å². The molecule has 1 amide bonds. The van der Waals surface area contributed by atoms with Crippen LogP contribution < -0.4 is 0 Å². The molecule has 0 radical (unpaired) electrons. The van der Waals surface area contributed by atoms with Gasteiger partial charge in [-0.25, -0.2) is 4.79 Å². The fourth-order valence-electron chi connectivity index (χ4n) is 1.75. The summed E-state index contributed by atoms with van der Waals surface area (Å²) in [5.74, 6) is 0. The molecule has 2 rings (SSSR count). The fourth-order valence-corrected chi connectivity index (χ4v) is 2.10. The molecule has 0 aliphatic carbocycles. The normalized spacial score (nSPS) is 18.7. The van der Waals surface area contributed by atoms with Crippen LogP contribution in [0.5, 0.6) is 0 Å². The van der Waals surface area contributed by atoms with Crippen LogP contribution in [0.2, 0.25) is 0 Å². The zero-order valence-corrected chi connectivity index (χ0v) is 12.7. The minimum Gasteiger partial charge on any atom is -0.442 e. The van der Waals surface area contributed by atoms with Gasteiger partial charge in [0.05, 0.1) is 5.69 Å². The summed E-state index contributed by atoms with van der Waals surface area (Å²) >= 11 is 3.40. The molecule has 0 fully saturated rings. The van der Waals surface area contributed by atoms with E-state index in [0.717, 1.165) is 10.2 Å². The Morgan fingerprint density at radius 1 is 1.53 bits per heavy atom. The first-order valence-electron chi connectivity index (χ1n) is 6.03. The van der Waals surface area contributed by atoms with E-state index in [0.29, 0.717) is 6.42 Å². The Bertz CT molecular complexity index is 511. The number of halogens is 1. The average molecular weight is 326 g/mol. The van der Waals surface area contributed by atoms with Crippen LogP contribution in [0.25, 0.3) is 0 Å². The van der Waals surface area contributed by atoms with E-state index in [2.05, 4.69) is 26.0 Å². The predicted octanol–water partition coefficient (Wildman–Crippen LogP) is 3.51. The maximum atomic E-state index is 12.1. The Morgan fingerprint density at radius 3 is 2.89 bits per heavy atom. The molecule has 0 N–H and O–H groups in total. The number of hydrazone groups is 1. The number of aromatic nitrogens is 1. The number of amides is 1. The maximum Gasteiger partial charge on any atom is 0.431 e. The molecule has 102 valence electrons. The number of rotatable bonds is 1. The second-order valence-electron chi connectivity index (χ2n) is 5.27. The van der Waals surface area contributed by atoms with E-state index >= 15 is 0 Å². The van der Waals surface area contributed by atoms with Gasteiger partial charge in [-0.15, -0.1) is 0 Å². The molecule has 1 unspecified atom stereocenters. The zero-order valence-electron chi connectivity index (χ0n) is 11.1. The van der Waals surface area contributed by atoms with Crippen molar-refractivity contribution in [3.8, 4) is 0 Å². The number of nitrogens with zero attached hydrogens (tertiary/aromatic N) is 3. The van der Waals surface area contributed by atoms with Crippen molar-refractivity contribution in [3.63, 3.8) is 0 Å². The number of carbonyl (C=O) groups is 1. The summed E-state index contributed by atoms with van der Waals surface area (Å²) in [6, 6.07) is 3.53. The van der Waals surface area contributed by atoms with Gasteiger partial charge in [-0.1, -0.05) is 15.9 Å². The molecule has 0 saturated carbocycles. The summed E-state index contributed by atoms with van der Waals surface area (Å²) in [5, 5.41) is 5.43. The SMILES string of the molecule is CC(C)(C)OC(=O)N1N=CCC1c1cc(Br)ccn1. The first-order chi connectivity index (χ1) is 8.87. The van der Waals surface area contributed by atoms with Gasteiger partial charge in [0.25, 0.3) is 0 Å². The molecule has 2 heterocycles. The highest BCUT2D eigenvalue weighted by Crippen LogP contribution is 2.29. The number of ether oxygens (including phenoxy) is 1. The summed E-state index contributed by atoms with van der Waals surface area (Å²) in [6.45, 7) is 5.49. The van der Waals surface area contributed by atoms with E-state index < -0.39 is 11.7 Å². The van der Waals surface area contributed by atoms with Crippen LogP contribution in [0.15, 0.2) is 27.9 Å². The van der Waals surface area contributed by atoms with Gasteiger partial charge in [-0.05, 0) is 32.9 Å². The molecule has 1 aliphatic heterocycles. The summed E-state index contributed by atoms with van der Waals surface area (Å²) < 4.78 is 6.26. The lowest BCUT2D eigenvalue weighted by molar-refractivity contribution is 0.0192. The molecule has 5 nitrogen and oxygen atoms in total. The van der Waals surface area contributed by atoms with Crippen LogP contribution in [0.1, 0.15) is 38.9 Å². The Labute approximate surface area is 120 Å². The third-order valence-corrected chi connectivity index (χ3v) is 2.99. The number of hydrogen-bond acceptors (Lipinski definition) is 4. The first-order valence-corrected chi connectivity index (χ1v) is 6.82. The van der Waals surface area contributed by atoms with Gasteiger partial charge < -0.3 is 4.74 Å². The van der Waals surface area contributed by atoms with Crippen molar-refractivity contribution >= 4 is 28.2 Å². The Hall–Kier alpha value is -1.43. The summed E-state index contributed by atoms with van der Waals surface area (Å²) in [6.07, 6.45) is 3.60. The Kier molecular flexibility index (Phi) is 3.89. The zero-order chi connectivity index (χ0) is 14.0. The lowest BCUT2D eigenvalue weighted by Crippen LogP contribution is -2.34. The lowest BCUT2D eigenvalue weighted by Gasteiger charge is -2.26. The maximum absolute atomic E-state index is 12.1. The van der Waals surface area contributed by atoms with Crippen molar-refractivity contribution in [2.75, 3.05) is 0 Å². The molecule has 1 aromatic heterocycles. The van der Waals surface area contributed by atoms with Crippen LogP contribution in [-0.4, -0.2) is 27.9 Å². The van der Waals surface area contributed by atoms with Crippen molar-refractivity contribution in [1.82, 2.24) is 9.99 Å². The van der Waals surface area contributed by atoms with Crippen LogP contribution in [0.4, 0.5) is 4.79 Å². The lowest BCUT2D eigenvalue weighted by atomic mass is 10.1. The highest BCUT2D eigenvalue weighted by Gasteiger charge is 2.32. The van der Waals surface area contributed by atoms with E-state index in [1.54, 1.807) is 12.4 Å². The van der Waals surface area contributed by atoms with E-state index in [1.807, 2.05) is 32.9 Å². The molecule has 0 aromatic carbocycles. The highest BCUT2D eigenvalue weighted by molar-refractivity contribution is 9.10. The number of pyridine rings is 1. The monoisotopic (exact) mass is 325 g/mol. The predicted molar refractivity (Wildman–Crippen MR) is 75.9 cm³/mol. The molecule has 0 bridgehead atoms. The van der Waals surface area contributed by atoms with Gasteiger partial charge in [0.2, 0.25) is 0 Å². The van der Waals surface area contributed by atoms with E-state index in [-0.39, 0.29) is 6.04 Å². The number of hydrogen-bond donors (Lipinski definition) is 0. The highest BCUT2D eigenvalue weighted by atomic mass is 79.9. The Balaban J connectivity index is 2.17. The van der Waals surface area contributed by atoms with Crippen LogP contribution >= 0.6 is 15.9 Å². The fraction of sp³-hybridized carbons (Fsp3) is 0.462. The quantitative estimate of drug-likeness (QED) is 0.793. The molecule has 1 aliphatic rings. The van der Waals surface area contributed by atoms with E-state index in [4.69, 9.17) is 4.74 Å². The molecule has 19 heavy (non-hydrogen) atoms. The molecule has 6 heteroatoms. The minimum atomic E-state index is -0.537. The van der Waals surface area contributed by atoms with Gasteiger partial charge in [-0.3, -0.25) is 4.98 Å². The topological polar surface area (TPSA) is 54.8 Å². The first kappa shape index (κ1) is 14.0. The standard InChI is InChI=1S/C13H16BrN3O2/c1-13(2,3)19-12(18)17-11(5-7-16-17)10-8-9(14)4-6-15-10/h4,6-8,11H,5H2,1-3H3. The summed E-state index contributed by atoms with van der Waals surface area (Å²) in [4.78, 5) is 16.4. The molecule has 0 saturated heterocycles. The van der Waals surface area contributed by atoms with Crippen molar-refractivity contribution in [2.24, 2.45) is 5.10 Å². The second-order valence-corrected chi connectivity index (χ2v) is 6.19. The molecular formula is C13H16BrN3O2. The largest absolute Gasteiger partial charge is 0.442 e. The summed E-state index contributed by atoms with van der Waals surface area (Å²) in [7, 11) is 0. The van der Waals surface area contributed by atoms with Crippen molar-refractivity contribution in [1.29, 1.82) is 0 Å². The van der Waals surface area contributed by atoms with Crippen molar-refractivity contribution in [3.05, 3.63) is 28.5 Å². The van der Waals surface area contributed by atoms with Crippen molar-refractivity contribution in [2.45, 2.75) is 38.8 Å². The van der Waals surface area contributed by atoms with Crippen LogP contribution in [-0.2, 0) is 4.74 Å². The van der Waals surface area contributed by atoms with Crippen LogP contribution in [0.3, 0.4) is 0 Å². The minimum absolute atomic E-state index is 0.202. The van der Waals surface area contributed by atoms with Crippen molar-refractivity contribution < 1.29 is 9.53 Å². The van der Waals surface area contributed by atoms with Gasteiger partial charge >= 0.3 is 6.09 Å². The van der Waals surface area contributed by atoms with Crippen LogP contribution in [0, 0.1) is 0 Å². The second kappa shape index (κ2) is 5.28. The van der Waals surface area contributed by atoms with Gasteiger partial charge in [-0.2, -0.15) is 10.1 Å². The van der Waals surface area contributed by atoms with Gasteiger partial charge in [0.15, 0.2) is 0 Å². The molecule has 1 atom stereocenters. The molecule has 1 aromatic rings. The molecular weight excluding hydrogens is 310 g/mol. The molecule has 0 spiro atoms. The number of carbonyl (C=O) groups excluding carboxylic acids is 1. The van der Waals surface area contributed by atoms with Gasteiger partial charge in [0.1, 0.15) is 11.6 Å². The van der Waals surface area contributed by atoms with E-state index in [1.165, 1.54) is 5.01 Å².